The van der Waals surface area contributed by atoms with Crippen molar-refractivity contribution < 1.29 is 31.6 Å². The van der Waals surface area contributed by atoms with Crippen LogP contribution in [0.2, 0.25) is 5.02 Å². The van der Waals surface area contributed by atoms with Crippen LogP contribution < -0.4 is 15.4 Å². The first-order valence-corrected chi connectivity index (χ1v) is 11.9. The molecule has 0 spiro atoms. The lowest BCUT2D eigenvalue weighted by Crippen LogP contribution is -2.50. The first-order chi connectivity index (χ1) is 15.9. The first-order valence-electron chi connectivity index (χ1n) is 10.1. The van der Waals surface area contributed by atoms with Crippen molar-refractivity contribution in [3.05, 3.63) is 46.7 Å². The molecule has 0 radical (unpaired) electrons. The average molecular weight is 518 g/mol. The number of halogens is 3. The zero-order valence-electron chi connectivity index (χ0n) is 18.2. The molecule has 3 rings (SSSR count). The molecule has 1 aliphatic heterocycles. The van der Waals surface area contributed by atoms with Gasteiger partial charge in [-0.3, -0.25) is 14.4 Å². The summed E-state index contributed by atoms with van der Waals surface area (Å²) in [5.74, 6) is -4.47. The third-order valence-electron chi connectivity index (χ3n) is 5.24. The summed E-state index contributed by atoms with van der Waals surface area (Å²) in [6.45, 7) is 0.279. The molecule has 0 saturated carbocycles. The average Bonchev–Trinajstić information content (AvgIpc) is 3.07. The molecule has 1 aliphatic rings. The summed E-state index contributed by atoms with van der Waals surface area (Å²) >= 11 is 5.75. The number of amides is 3. The zero-order valence-corrected chi connectivity index (χ0v) is 19.8. The van der Waals surface area contributed by atoms with Gasteiger partial charge >= 0.3 is 11.8 Å². The van der Waals surface area contributed by atoms with Crippen molar-refractivity contribution in [2.45, 2.75) is 23.8 Å². The minimum absolute atomic E-state index is 0.0122. The van der Waals surface area contributed by atoms with E-state index in [9.17, 15) is 27.2 Å². The number of hydrogen-bond acceptors (Lipinski definition) is 5. The largest absolute Gasteiger partial charge is 0.351 e. The van der Waals surface area contributed by atoms with Crippen LogP contribution in [-0.4, -0.2) is 61.8 Å². The molecule has 0 atom stereocenters. The first kappa shape index (κ1) is 25.6. The Kier molecular flexibility index (Phi) is 7.58. The van der Waals surface area contributed by atoms with Crippen molar-refractivity contribution in [3.63, 3.8) is 0 Å². The smallest absolute Gasteiger partial charge is 0.311 e. The number of likely N-dealkylation sites (tertiary alicyclic amines) is 1. The highest BCUT2D eigenvalue weighted by atomic mass is 35.5. The van der Waals surface area contributed by atoms with Crippen molar-refractivity contribution in [2.75, 3.05) is 25.5 Å². The molecule has 0 aliphatic carbocycles. The molecule has 34 heavy (non-hydrogen) atoms. The fourth-order valence-corrected chi connectivity index (χ4v) is 5.22. The van der Waals surface area contributed by atoms with Crippen LogP contribution in [0.25, 0.3) is 0 Å². The highest BCUT2D eigenvalue weighted by Crippen LogP contribution is 2.24. The van der Waals surface area contributed by atoms with Gasteiger partial charge in [0.15, 0.2) is 5.82 Å². The number of piperidine rings is 1. The van der Waals surface area contributed by atoms with Gasteiger partial charge < -0.3 is 20.1 Å². The molecule has 3 N–H and O–H groups in total. The van der Waals surface area contributed by atoms with E-state index in [0.29, 0.717) is 0 Å². The Labute approximate surface area is 199 Å². The van der Waals surface area contributed by atoms with Crippen LogP contribution >= 0.6 is 11.6 Å². The second-order valence-corrected chi connectivity index (χ2v) is 9.76. The number of aryl methyl sites for hydroxylation is 1. The van der Waals surface area contributed by atoms with Crippen molar-refractivity contribution in [3.8, 4) is 0 Å². The maximum absolute atomic E-state index is 15.1. The number of rotatable bonds is 5. The van der Waals surface area contributed by atoms with E-state index in [2.05, 4.69) is 15.4 Å². The van der Waals surface area contributed by atoms with E-state index in [0.717, 1.165) is 22.9 Å². The van der Waals surface area contributed by atoms with Gasteiger partial charge in [0.25, 0.3) is 5.91 Å². The van der Waals surface area contributed by atoms with E-state index in [1.54, 1.807) is 0 Å². The van der Waals surface area contributed by atoms with Crippen molar-refractivity contribution in [1.29, 1.82) is 0 Å². The molecule has 1 aromatic carbocycles. The number of aromatic nitrogens is 1. The molecule has 14 heteroatoms. The van der Waals surface area contributed by atoms with Crippen LogP contribution in [0.15, 0.2) is 29.3 Å². The van der Waals surface area contributed by atoms with E-state index >= 15 is 4.39 Å². The van der Waals surface area contributed by atoms with E-state index in [1.807, 2.05) is 0 Å². The normalized spacial score (nSPS) is 14.7. The summed E-state index contributed by atoms with van der Waals surface area (Å²) in [5, 5.41) is 4.53. The fourth-order valence-electron chi connectivity index (χ4n) is 3.57. The lowest BCUT2D eigenvalue weighted by molar-refractivity contribution is -0.146. The van der Waals surface area contributed by atoms with E-state index in [-0.39, 0.29) is 36.6 Å². The molecule has 0 bridgehead atoms. The number of carbonyl (C=O) groups is 3. The fraction of sp³-hybridized carbons (Fsp3) is 0.350. The third kappa shape index (κ3) is 5.54. The van der Waals surface area contributed by atoms with Gasteiger partial charge in [0.05, 0.1) is 0 Å². The van der Waals surface area contributed by atoms with Gasteiger partial charge in [-0.2, -0.15) is 0 Å². The Morgan fingerprint density at radius 1 is 1.12 bits per heavy atom. The van der Waals surface area contributed by atoms with Crippen LogP contribution in [0, 0.1) is 11.6 Å². The Bertz CT molecular complexity index is 1220. The number of benzene rings is 1. The molecule has 1 aromatic heterocycles. The van der Waals surface area contributed by atoms with Crippen LogP contribution in [0.4, 0.5) is 14.5 Å². The van der Waals surface area contributed by atoms with Crippen molar-refractivity contribution in [2.24, 2.45) is 7.05 Å². The standard InChI is InChI=1S/C20H22ClF2N5O5S/c1-24-19(30)20(31)28-5-3-13(4-6-28)26-34(32,33)15-10-27(2)17(16(15)23)18(29)25-14-8-11(21)7-12(22)9-14/h7-10,13,26H,3-6H2,1-2H3,(H,24,30)(H,25,29). The van der Waals surface area contributed by atoms with E-state index in [1.165, 1.54) is 25.1 Å². The van der Waals surface area contributed by atoms with Gasteiger partial charge in [-0.1, -0.05) is 11.6 Å². The van der Waals surface area contributed by atoms with Gasteiger partial charge in [-0.05, 0) is 31.0 Å². The summed E-state index contributed by atoms with van der Waals surface area (Å²) in [6.07, 6.45) is 1.38. The molecule has 1 saturated heterocycles. The topological polar surface area (TPSA) is 130 Å². The number of nitrogens with zero attached hydrogens (tertiary/aromatic N) is 2. The number of sulfonamides is 1. The zero-order chi connectivity index (χ0) is 25.2. The highest BCUT2D eigenvalue weighted by molar-refractivity contribution is 7.89. The maximum atomic E-state index is 15.1. The Morgan fingerprint density at radius 3 is 2.35 bits per heavy atom. The summed E-state index contributed by atoms with van der Waals surface area (Å²) in [4.78, 5) is 36.5. The summed E-state index contributed by atoms with van der Waals surface area (Å²) in [7, 11) is -1.74. The molecule has 1 fully saturated rings. The lowest BCUT2D eigenvalue weighted by Gasteiger charge is -2.31. The number of anilines is 1. The summed E-state index contributed by atoms with van der Waals surface area (Å²) < 4.78 is 57.6. The molecule has 3 amide bonds. The summed E-state index contributed by atoms with van der Waals surface area (Å²) in [5.41, 5.74) is -0.608. The van der Waals surface area contributed by atoms with Crippen LogP contribution in [0.3, 0.4) is 0 Å². The predicted molar refractivity (Wildman–Crippen MR) is 119 cm³/mol. The quantitative estimate of drug-likeness (QED) is 0.514. The highest BCUT2D eigenvalue weighted by Gasteiger charge is 2.33. The van der Waals surface area contributed by atoms with Crippen molar-refractivity contribution >= 4 is 45.0 Å². The maximum Gasteiger partial charge on any atom is 0.311 e. The second-order valence-electron chi connectivity index (χ2n) is 7.65. The predicted octanol–water partition coefficient (Wildman–Crippen LogP) is 1.22. The van der Waals surface area contributed by atoms with Gasteiger partial charge in [-0.25, -0.2) is 21.9 Å². The molecule has 184 valence electrons. The van der Waals surface area contributed by atoms with Gasteiger partial charge in [0.2, 0.25) is 10.0 Å². The SMILES string of the molecule is CNC(=O)C(=O)N1CCC(NS(=O)(=O)c2cn(C)c(C(=O)Nc3cc(F)cc(Cl)c3)c2F)CC1. The third-order valence-corrected chi connectivity index (χ3v) is 6.96. The van der Waals surface area contributed by atoms with E-state index < -0.39 is 56.0 Å². The van der Waals surface area contributed by atoms with Crippen LogP contribution in [0.5, 0.6) is 0 Å². The number of hydrogen-bond donors (Lipinski definition) is 3. The van der Waals surface area contributed by atoms with Crippen molar-refractivity contribution in [1.82, 2.24) is 19.5 Å². The monoisotopic (exact) mass is 517 g/mol. The molecule has 10 nitrogen and oxygen atoms in total. The minimum Gasteiger partial charge on any atom is -0.351 e. The van der Waals surface area contributed by atoms with Gasteiger partial charge in [0, 0.05) is 50.1 Å². The van der Waals surface area contributed by atoms with Crippen LogP contribution in [-0.2, 0) is 26.7 Å². The summed E-state index contributed by atoms with van der Waals surface area (Å²) in [6, 6.07) is 2.65. The Balaban J connectivity index is 1.72. The number of nitrogens with one attached hydrogen (secondary N) is 3. The second kappa shape index (κ2) is 10.1. The molecule has 0 unspecified atom stereocenters. The van der Waals surface area contributed by atoms with Crippen LogP contribution in [0.1, 0.15) is 23.3 Å². The lowest BCUT2D eigenvalue weighted by atomic mass is 10.1. The van der Waals surface area contributed by atoms with E-state index in [4.69, 9.17) is 11.6 Å². The molecular weight excluding hydrogens is 496 g/mol. The number of carbonyl (C=O) groups excluding carboxylic acids is 3. The minimum atomic E-state index is -4.36. The Hall–Kier alpha value is -3.03. The molecule has 2 heterocycles. The molecule has 2 aromatic rings. The number of likely N-dealkylation sites (N-methyl/N-ethyl adjacent to an activating group) is 1. The van der Waals surface area contributed by atoms with Gasteiger partial charge in [0.1, 0.15) is 16.4 Å². The molecular formula is C20H22ClF2N5O5S. The Morgan fingerprint density at radius 2 is 1.76 bits per heavy atom. The van der Waals surface area contributed by atoms with Gasteiger partial charge in [-0.15, -0.1) is 0 Å².